The largest absolute Gasteiger partial charge is 0.497 e. The van der Waals surface area contributed by atoms with E-state index in [0.29, 0.717) is 24.2 Å². The van der Waals surface area contributed by atoms with E-state index in [2.05, 4.69) is 50.1 Å². The SMILES string of the molecule is COc1ccc(C[C@@H]2CN3C(=NC[C@@H]3C)N2CCNC(=O)c2ccc(C)c(Br)c2)cc1. The minimum absolute atomic E-state index is 0.0508. The lowest BCUT2D eigenvalue weighted by atomic mass is 10.0. The summed E-state index contributed by atoms with van der Waals surface area (Å²) in [7, 11) is 1.69. The van der Waals surface area contributed by atoms with E-state index in [1.807, 2.05) is 37.3 Å². The summed E-state index contributed by atoms with van der Waals surface area (Å²) < 4.78 is 6.23. The Balaban J connectivity index is 1.40. The molecule has 2 aliphatic heterocycles. The third kappa shape index (κ3) is 4.71. The van der Waals surface area contributed by atoms with E-state index in [1.165, 1.54) is 5.56 Å². The Bertz CT molecular complexity index is 976. The molecule has 0 spiro atoms. The van der Waals surface area contributed by atoms with Gasteiger partial charge < -0.3 is 19.9 Å². The number of fused-ring (bicyclic) bond motifs is 1. The lowest BCUT2D eigenvalue weighted by Gasteiger charge is -2.25. The molecule has 1 fully saturated rings. The van der Waals surface area contributed by atoms with Crippen LogP contribution in [0.25, 0.3) is 0 Å². The Morgan fingerprint density at radius 3 is 2.74 bits per heavy atom. The van der Waals surface area contributed by atoms with Gasteiger partial charge in [0.15, 0.2) is 5.96 Å². The molecule has 31 heavy (non-hydrogen) atoms. The minimum Gasteiger partial charge on any atom is -0.497 e. The molecule has 1 N–H and O–H groups in total. The Hall–Kier alpha value is -2.54. The average Bonchev–Trinajstić information content (AvgIpc) is 3.30. The monoisotopic (exact) mass is 484 g/mol. The highest BCUT2D eigenvalue weighted by atomic mass is 79.9. The summed E-state index contributed by atoms with van der Waals surface area (Å²) in [6.45, 7) is 7.35. The number of ether oxygens (including phenoxy) is 1. The molecule has 2 atom stereocenters. The maximum Gasteiger partial charge on any atom is 0.251 e. The van der Waals surface area contributed by atoms with Crippen molar-refractivity contribution in [3.05, 3.63) is 63.6 Å². The van der Waals surface area contributed by atoms with Gasteiger partial charge in [-0.1, -0.05) is 34.1 Å². The van der Waals surface area contributed by atoms with E-state index in [9.17, 15) is 4.79 Å². The Kier molecular flexibility index (Phi) is 6.51. The van der Waals surface area contributed by atoms with Crippen LogP contribution in [0.4, 0.5) is 0 Å². The number of aryl methyl sites for hydroxylation is 1. The number of guanidine groups is 1. The first kappa shape index (κ1) is 21.7. The predicted molar refractivity (Wildman–Crippen MR) is 127 cm³/mol. The predicted octanol–water partition coefficient (Wildman–Crippen LogP) is 3.48. The topological polar surface area (TPSA) is 57.2 Å². The highest BCUT2D eigenvalue weighted by Crippen LogP contribution is 2.26. The summed E-state index contributed by atoms with van der Waals surface area (Å²) in [6, 6.07) is 14.7. The van der Waals surface area contributed by atoms with Crippen LogP contribution in [0.3, 0.4) is 0 Å². The number of rotatable bonds is 7. The van der Waals surface area contributed by atoms with E-state index in [-0.39, 0.29) is 5.91 Å². The fourth-order valence-corrected chi connectivity index (χ4v) is 4.60. The van der Waals surface area contributed by atoms with Crippen LogP contribution in [0.1, 0.15) is 28.4 Å². The van der Waals surface area contributed by atoms with Gasteiger partial charge in [-0.15, -0.1) is 0 Å². The van der Waals surface area contributed by atoms with Gasteiger partial charge >= 0.3 is 0 Å². The summed E-state index contributed by atoms with van der Waals surface area (Å²) >= 11 is 3.50. The molecule has 0 radical (unpaired) electrons. The molecule has 164 valence electrons. The summed E-state index contributed by atoms with van der Waals surface area (Å²) in [5, 5.41) is 3.07. The second-order valence-corrected chi connectivity index (χ2v) is 9.12. The van der Waals surface area contributed by atoms with Gasteiger partial charge in [-0.2, -0.15) is 0 Å². The number of carbonyl (C=O) groups excluding carboxylic acids is 1. The first-order chi connectivity index (χ1) is 15.0. The minimum atomic E-state index is -0.0508. The molecule has 2 aromatic carbocycles. The van der Waals surface area contributed by atoms with Gasteiger partial charge in [-0.3, -0.25) is 9.79 Å². The highest BCUT2D eigenvalue weighted by molar-refractivity contribution is 9.10. The van der Waals surface area contributed by atoms with Gasteiger partial charge in [0.25, 0.3) is 5.91 Å². The number of hydrogen-bond acceptors (Lipinski definition) is 5. The maximum absolute atomic E-state index is 12.6. The van der Waals surface area contributed by atoms with Crippen LogP contribution in [-0.4, -0.2) is 67.0 Å². The van der Waals surface area contributed by atoms with Crippen LogP contribution in [0.15, 0.2) is 51.9 Å². The molecule has 0 bridgehead atoms. The molecule has 2 heterocycles. The normalized spacial score (nSPS) is 19.9. The van der Waals surface area contributed by atoms with E-state index in [1.54, 1.807) is 7.11 Å². The number of aliphatic imine (C=N–C) groups is 1. The second-order valence-electron chi connectivity index (χ2n) is 8.26. The van der Waals surface area contributed by atoms with Crippen molar-refractivity contribution in [1.29, 1.82) is 0 Å². The van der Waals surface area contributed by atoms with Crippen LogP contribution in [-0.2, 0) is 6.42 Å². The van der Waals surface area contributed by atoms with Crippen LogP contribution in [0.2, 0.25) is 0 Å². The number of amides is 1. The summed E-state index contributed by atoms with van der Waals surface area (Å²) in [5.41, 5.74) is 3.06. The molecule has 0 aromatic heterocycles. The molecule has 1 saturated heterocycles. The standard InChI is InChI=1S/C24H29BrN4O2/c1-16-4-7-19(13-22(16)25)23(30)26-10-11-28-20(15-29-17(2)14-27-24(28)29)12-18-5-8-21(31-3)9-6-18/h4-9,13,17,20H,10-12,14-15H2,1-3H3,(H,26,30)/t17-,20+/m0/s1. The Morgan fingerprint density at radius 2 is 2.03 bits per heavy atom. The zero-order chi connectivity index (χ0) is 22.0. The van der Waals surface area contributed by atoms with Crippen LogP contribution < -0.4 is 10.1 Å². The summed E-state index contributed by atoms with van der Waals surface area (Å²) in [5.74, 6) is 1.89. The number of nitrogens with zero attached hydrogens (tertiary/aromatic N) is 3. The fraction of sp³-hybridized carbons (Fsp3) is 0.417. The van der Waals surface area contributed by atoms with Gasteiger partial charge in [0.05, 0.1) is 19.7 Å². The van der Waals surface area contributed by atoms with E-state index < -0.39 is 0 Å². The molecule has 0 unspecified atom stereocenters. The lowest BCUT2D eigenvalue weighted by Crippen LogP contribution is -2.42. The second kappa shape index (κ2) is 9.30. The maximum atomic E-state index is 12.6. The number of halogens is 1. The lowest BCUT2D eigenvalue weighted by molar-refractivity contribution is 0.0950. The zero-order valence-corrected chi connectivity index (χ0v) is 19.9. The summed E-state index contributed by atoms with van der Waals surface area (Å²) in [6.07, 6.45) is 0.936. The van der Waals surface area contributed by atoms with Crippen molar-refractivity contribution in [3.63, 3.8) is 0 Å². The van der Waals surface area contributed by atoms with Crippen molar-refractivity contribution in [2.24, 2.45) is 4.99 Å². The van der Waals surface area contributed by atoms with E-state index in [0.717, 1.165) is 47.8 Å². The number of hydrogen-bond donors (Lipinski definition) is 1. The Morgan fingerprint density at radius 1 is 1.26 bits per heavy atom. The number of carbonyl (C=O) groups is 1. The van der Waals surface area contributed by atoms with Crippen molar-refractivity contribution in [2.45, 2.75) is 32.4 Å². The fourth-order valence-electron chi connectivity index (χ4n) is 4.22. The van der Waals surface area contributed by atoms with Gasteiger partial charge in [0, 0.05) is 35.7 Å². The van der Waals surface area contributed by atoms with Crippen molar-refractivity contribution >= 4 is 27.8 Å². The van der Waals surface area contributed by atoms with Crippen LogP contribution in [0, 0.1) is 6.92 Å². The third-order valence-corrected chi connectivity index (χ3v) is 6.95. The van der Waals surface area contributed by atoms with Gasteiger partial charge in [-0.05, 0) is 55.7 Å². The van der Waals surface area contributed by atoms with Gasteiger partial charge in [-0.25, -0.2) is 0 Å². The van der Waals surface area contributed by atoms with Crippen molar-refractivity contribution < 1.29 is 9.53 Å². The molecule has 0 aliphatic carbocycles. The third-order valence-electron chi connectivity index (χ3n) is 6.09. The molecule has 0 saturated carbocycles. The first-order valence-electron chi connectivity index (χ1n) is 10.7. The van der Waals surface area contributed by atoms with Crippen LogP contribution in [0.5, 0.6) is 5.75 Å². The van der Waals surface area contributed by atoms with Gasteiger partial charge in [0.1, 0.15) is 5.75 Å². The first-order valence-corrected chi connectivity index (χ1v) is 11.5. The molecule has 6 nitrogen and oxygen atoms in total. The molecule has 7 heteroatoms. The van der Waals surface area contributed by atoms with Crippen molar-refractivity contribution in [2.75, 3.05) is 33.3 Å². The Labute approximate surface area is 192 Å². The van der Waals surface area contributed by atoms with Crippen molar-refractivity contribution in [1.82, 2.24) is 15.1 Å². The quantitative estimate of drug-likeness (QED) is 0.653. The van der Waals surface area contributed by atoms with Crippen LogP contribution >= 0.6 is 15.9 Å². The number of methoxy groups -OCH3 is 1. The molecule has 4 rings (SSSR count). The highest BCUT2D eigenvalue weighted by Gasteiger charge is 2.40. The number of benzene rings is 2. The number of nitrogens with one attached hydrogen (secondary N) is 1. The van der Waals surface area contributed by atoms with E-state index in [4.69, 9.17) is 9.73 Å². The molecular formula is C24H29BrN4O2. The van der Waals surface area contributed by atoms with E-state index >= 15 is 0 Å². The zero-order valence-electron chi connectivity index (χ0n) is 18.3. The summed E-state index contributed by atoms with van der Waals surface area (Å²) in [4.78, 5) is 22.1. The average molecular weight is 485 g/mol. The van der Waals surface area contributed by atoms with Crippen molar-refractivity contribution in [3.8, 4) is 5.75 Å². The molecule has 2 aliphatic rings. The molecular weight excluding hydrogens is 456 g/mol. The van der Waals surface area contributed by atoms with Gasteiger partial charge in [0.2, 0.25) is 0 Å². The molecule has 1 amide bonds. The molecule has 2 aromatic rings. The smallest absolute Gasteiger partial charge is 0.251 e.